The van der Waals surface area contributed by atoms with Crippen LogP contribution in [0.2, 0.25) is 0 Å². The van der Waals surface area contributed by atoms with E-state index >= 15 is 0 Å². The number of hydrogen-bond acceptors (Lipinski definition) is 6. The minimum Gasteiger partial charge on any atom is -0.373 e. The van der Waals surface area contributed by atoms with Crippen LogP contribution in [0.1, 0.15) is 51.3 Å². The predicted molar refractivity (Wildman–Crippen MR) is 60.3 cm³/mol. The average molecular weight is 244 g/mol. The van der Waals surface area contributed by atoms with Crippen LogP contribution in [0.15, 0.2) is 4.52 Å². The number of nitrogens with zero attached hydrogens (tertiary/aromatic N) is 2. The summed E-state index contributed by atoms with van der Waals surface area (Å²) in [5, 5.41) is 3.87. The molecule has 1 rings (SSSR count). The summed E-state index contributed by atoms with van der Waals surface area (Å²) in [5.74, 6) is 0.855. The second kappa shape index (κ2) is 7.37. The molecule has 0 bridgehead atoms. The van der Waals surface area contributed by atoms with Gasteiger partial charge in [-0.25, -0.2) is 0 Å². The van der Waals surface area contributed by atoms with Crippen LogP contribution in [0.3, 0.4) is 0 Å². The first-order valence-corrected chi connectivity index (χ1v) is 5.86. The van der Waals surface area contributed by atoms with Crippen molar-refractivity contribution in [3.8, 4) is 0 Å². The first-order chi connectivity index (χ1) is 8.26. The molecule has 6 nitrogen and oxygen atoms in total. The van der Waals surface area contributed by atoms with E-state index in [2.05, 4.69) is 10.1 Å². The zero-order valence-electron chi connectivity index (χ0n) is 10.8. The molecular weight excluding hydrogens is 224 g/mol. The van der Waals surface area contributed by atoms with Crippen LogP contribution < -0.4 is 0 Å². The molecule has 0 spiro atoms. The average Bonchev–Trinajstić information content (AvgIpc) is 2.80. The molecule has 0 radical (unpaired) electrons. The van der Waals surface area contributed by atoms with Crippen LogP contribution in [0, 0.1) is 0 Å². The van der Waals surface area contributed by atoms with Crippen molar-refractivity contribution < 1.29 is 18.7 Å². The molecule has 1 heterocycles. The summed E-state index contributed by atoms with van der Waals surface area (Å²) in [7, 11) is 1.62. The van der Waals surface area contributed by atoms with Gasteiger partial charge in [-0.1, -0.05) is 12.1 Å². The first-order valence-electron chi connectivity index (χ1n) is 5.86. The highest BCUT2D eigenvalue weighted by Gasteiger charge is 2.22. The van der Waals surface area contributed by atoms with Gasteiger partial charge in [0.15, 0.2) is 0 Å². The molecule has 98 valence electrons. The maximum atomic E-state index is 5.37. The van der Waals surface area contributed by atoms with Gasteiger partial charge in [0, 0.05) is 20.3 Å². The topological polar surface area (TPSA) is 66.6 Å². The second-order valence-corrected chi connectivity index (χ2v) is 3.37. The van der Waals surface area contributed by atoms with E-state index < -0.39 is 6.29 Å². The molecular formula is C11H20N2O4. The molecule has 0 aliphatic carbocycles. The van der Waals surface area contributed by atoms with Gasteiger partial charge < -0.3 is 18.7 Å². The maximum absolute atomic E-state index is 5.37. The van der Waals surface area contributed by atoms with Gasteiger partial charge >= 0.3 is 0 Å². The molecule has 0 aliphatic heterocycles. The number of hydrogen-bond donors (Lipinski definition) is 0. The van der Waals surface area contributed by atoms with Crippen LogP contribution in [-0.2, 0) is 14.2 Å². The van der Waals surface area contributed by atoms with Crippen molar-refractivity contribution in [2.75, 3.05) is 20.3 Å². The summed E-state index contributed by atoms with van der Waals surface area (Å²) in [4.78, 5) is 4.24. The molecule has 0 fully saturated rings. The molecule has 1 atom stereocenters. The Balaban J connectivity index is 2.76. The van der Waals surface area contributed by atoms with Gasteiger partial charge in [0.05, 0.1) is 0 Å². The molecule has 1 aromatic heterocycles. The molecule has 0 amide bonds. The van der Waals surface area contributed by atoms with E-state index in [1.165, 1.54) is 0 Å². The Labute approximate surface area is 101 Å². The van der Waals surface area contributed by atoms with Gasteiger partial charge in [-0.3, -0.25) is 0 Å². The normalized spacial score (nSPS) is 13.2. The molecule has 0 aliphatic rings. The largest absolute Gasteiger partial charge is 0.373 e. The van der Waals surface area contributed by atoms with E-state index in [-0.39, 0.29) is 6.10 Å². The number of ether oxygens (including phenoxy) is 3. The number of rotatable bonds is 8. The van der Waals surface area contributed by atoms with Crippen molar-refractivity contribution in [2.45, 2.75) is 39.6 Å². The lowest BCUT2D eigenvalue weighted by Crippen LogP contribution is -2.10. The molecule has 17 heavy (non-hydrogen) atoms. The van der Waals surface area contributed by atoms with E-state index in [0.717, 1.165) is 6.42 Å². The Bertz CT molecular complexity index is 306. The molecule has 0 saturated heterocycles. The van der Waals surface area contributed by atoms with Gasteiger partial charge in [-0.2, -0.15) is 4.98 Å². The minimum absolute atomic E-state index is 0.156. The van der Waals surface area contributed by atoms with E-state index in [1.807, 2.05) is 20.8 Å². The smallest absolute Gasteiger partial charge is 0.283 e. The van der Waals surface area contributed by atoms with Crippen LogP contribution in [0.5, 0.6) is 0 Å². The molecule has 1 aromatic rings. The van der Waals surface area contributed by atoms with E-state index in [0.29, 0.717) is 24.9 Å². The summed E-state index contributed by atoms with van der Waals surface area (Å²) >= 11 is 0. The quantitative estimate of drug-likeness (QED) is 0.653. The lowest BCUT2D eigenvalue weighted by atomic mass is 10.3. The van der Waals surface area contributed by atoms with Crippen molar-refractivity contribution in [3.63, 3.8) is 0 Å². The fourth-order valence-electron chi connectivity index (χ4n) is 1.42. The van der Waals surface area contributed by atoms with Gasteiger partial charge in [-0.05, 0) is 20.3 Å². The number of methoxy groups -OCH3 is 1. The van der Waals surface area contributed by atoms with Crippen molar-refractivity contribution >= 4 is 0 Å². The number of aromatic nitrogens is 2. The summed E-state index contributed by atoms with van der Waals surface area (Å²) in [6.07, 6.45) is 0.0284. The van der Waals surface area contributed by atoms with Gasteiger partial charge in [0.25, 0.3) is 5.89 Å². The Morgan fingerprint density at radius 1 is 1.18 bits per heavy atom. The Kier molecular flexibility index (Phi) is 6.10. The van der Waals surface area contributed by atoms with Gasteiger partial charge in [0.2, 0.25) is 12.1 Å². The fourth-order valence-corrected chi connectivity index (χ4v) is 1.42. The van der Waals surface area contributed by atoms with Crippen molar-refractivity contribution in [3.05, 3.63) is 11.7 Å². The van der Waals surface area contributed by atoms with Gasteiger partial charge in [-0.15, -0.1) is 0 Å². The van der Waals surface area contributed by atoms with E-state index in [9.17, 15) is 0 Å². The van der Waals surface area contributed by atoms with E-state index in [4.69, 9.17) is 18.7 Å². The molecule has 0 saturated carbocycles. The third-order valence-corrected chi connectivity index (χ3v) is 2.24. The van der Waals surface area contributed by atoms with Crippen LogP contribution in [-0.4, -0.2) is 30.5 Å². The van der Waals surface area contributed by atoms with E-state index in [1.54, 1.807) is 7.11 Å². The second-order valence-electron chi connectivity index (χ2n) is 3.37. The highest BCUT2D eigenvalue weighted by atomic mass is 16.7. The highest BCUT2D eigenvalue weighted by Crippen LogP contribution is 2.21. The molecule has 6 heteroatoms. The standard InChI is InChI=1S/C11H20N2O4/c1-5-8(14-4)9-12-10(17-13-9)11(15-6-2)16-7-3/h8,11H,5-7H2,1-4H3. The summed E-state index contributed by atoms with van der Waals surface area (Å²) in [5.41, 5.74) is 0. The Hall–Kier alpha value is -0.980. The van der Waals surface area contributed by atoms with Crippen molar-refractivity contribution in [1.29, 1.82) is 0 Å². The predicted octanol–water partition coefficient (Wildman–Crippen LogP) is 2.24. The van der Waals surface area contributed by atoms with Crippen LogP contribution >= 0.6 is 0 Å². The van der Waals surface area contributed by atoms with Crippen molar-refractivity contribution in [1.82, 2.24) is 10.1 Å². The zero-order chi connectivity index (χ0) is 12.7. The van der Waals surface area contributed by atoms with Gasteiger partial charge in [0.1, 0.15) is 6.10 Å². The fraction of sp³-hybridized carbons (Fsp3) is 0.818. The summed E-state index contributed by atoms with van der Waals surface area (Å²) in [6.45, 7) is 6.79. The minimum atomic E-state index is -0.597. The highest BCUT2D eigenvalue weighted by molar-refractivity contribution is 4.92. The third-order valence-electron chi connectivity index (χ3n) is 2.24. The zero-order valence-corrected chi connectivity index (χ0v) is 10.8. The summed E-state index contributed by atoms with van der Waals surface area (Å²) < 4.78 is 21.1. The Morgan fingerprint density at radius 3 is 2.29 bits per heavy atom. The van der Waals surface area contributed by atoms with Crippen LogP contribution in [0.4, 0.5) is 0 Å². The third kappa shape index (κ3) is 3.76. The monoisotopic (exact) mass is 244 g/mol. The summed E-state index contributed by atoms with van der Waals surface area (Å²) in [6, 6.07) is 0. The first kappa shape index (κ1) is 14.1. The lowest BCUT2D eigenvalue weighted by molar-refractivity contribution is -0.155. The van der Waals surface area contributed by atoms with Crippen LogP contribution in [0.25, 0.3) is 0 Å². The van der Waals surface area contributed by atoms with Crippen molar-refractivity contribution in [2.24, 2.45) is 0 Å². The Morgan fingerprint density at radius 2 is 1.82 bits per heavy atom. The SMILES string of the molecule is CCOC(OCC)c1nc(C(CC)OC)no1. The lowest BCUT2D eigenvalue weighted by Gasteiger charge is -2.12. The molecule has 1 unspecified atom stereocenters. The maximum Gasteiger partial charge on any atom is 0.283 e. The molecule has 0 aromatic carbocycles. The molecule has 0 N–H and O–H groups in total.